The number of amides is 1. The van der Waals surface area contributed by atoms with Crippen molar-refractivity contribution in [2.45, 2.75) is 39.5 Å². The molecule has 24 heavy (non-hydrogen) atoms. The third-order valence-corrected chi connectivity index (χ3v) is 4.42. The van der Waals surface area contributed by atoms with E-state index < -0.39 is 0 Å². The number of nitrogens with zero attached hydrogens (tertiary/aromatic N) is 3. The molecule has 3 heterocycles. The molecule has 1 atom stereocenters. The molecule has 0 N–H and O–H groups in total. The van der Waals surface area contributed by atoms with Crippen molar-refractivity contribution in [3.8, 4) is 0 Å². The molecule has 5 nitrogen and oxygen atoms in total. The van der Waals surface area contributed by atoms with Crippen molar-refractivity contribution in [1.82, 2.24) is 15.0 Å². The van der Waals surface area contributed by atoms with Gasteiger partial charge < -0.3 is 9.42 Å². The second-order valence-corrected chi connectivity index (χ2v) is 7.07. The van der Waals surface area contributed by atoms with Crippen LogP contribution in [0, 0.1) is 11.8 Å². The molecule has 1 aliphatic heterocycles. The van der Waals surface area contributed by atoms with Crippen LogP contribution in [0.15, 0.2) is 35.0 Å². The van der Waals surface area contributed by atoms with Crippen LogP contribution in [0.4, 0.5) is 0 Å². The third kappa shape index (κ3) is 4.22. The third-order valence-electron chi connectivity index (χ3n) is 4.42. The zero-order valence-electron chi connectivity index (χ0n) is 14.4. The maximum absolute atomic E-state index is 12.7. The average Bonchev–Trinajstić information content (AvgIpc) is 3.03. The molecule has 2 aromatic rings. The predicted molar refractivity (Wildman–Crippen MR) is 91.6 cm³/mol. The van der Waals surface area contributed by atoms with E-state index in [0.29, 0.717) is 17.6 Å². The molecule has 1 saturated heterocycles. The summed E-state index contributed by atoms with van der Waals surface area (Å²) in [6.07, 6.45) is 5.73. The number of pyridine rings is 1. The van der Waals surface area contributed by atoms with Gasteiger partial charge in [0.05, 0.1) is 5.69 Å². The first-order valence-electron chi connectivity index (χ1n) is 8.76. The van der Waals surface area contributed by atoms with E-state index in [0.717, 1.165) is 50.2 Å². The Hall–Kier alpha value is -2.17. The van der Waals surface area contributed by atoms with E-state index in [1.807, 2.05) is 23.2 Å². The maximum Gasteiger partial charge on any atom is 0.292 e. The van der Waals surface area contributed by atoms with Gasteiger partial charge in [-0.05, 0) is 49.7 Å². The second kappa shape index (κ2) is 7.60. The molecule has 1 fully saturated rings. The number of carbonyl (C=O) groups is 1. The van der Waals surface area contributed by atoms with Gasteiger partial charge in [-0.1, -0.05) is 25.1 Å². The summed E-state index contributed by atoms with van der Waals surface area (Å²) in [4.78, 5) is 19.0. The van der Waals surface area contributed by atoms with Crippen LogP contribution >= 0.6 is 0 Å². The van der Waals surface area contributed by atoms with Crippen LogP contribution in [-0.4, -0.2) is 34.0 Å². The van der Waals surface area contributed by atoms with E-state index in [4.69, 9.17) is 4.52 Å². The first-order valence-corrected chi connectivity index (χ1v) is 8.76. The van der Waals surface area contributed by atoms with Gasteiger partial charge in [0, 0.05) is 31.0 Å². The highest BCUT2D eigenvalue weighted by Crippen LogP contribution is 2.22. The Kier molecular flexibility index (Phi) is 5.28. The van der Waals surface area contributed by atoms with Gasteiger partial charge in [-0.15, -0.1) is 0 Å². The van der Waals surface area contributed by atoms with E-state index in [9.17, 15) is 4.79 Å². The van der Waals surface area contributed by atoms with Gasteiger partial charge in [0.15, 0.2) is 0 Å². The first-order chi connectivity index (χ1) is 11.6. The monoisotopic (exact) mass is 327 g/mol. The fourth-order valence-corrected chi connectivity index (χ4v) is 3.31. The Labute approximate surface area is 143 Å². The molecule has 1 aliphatic rings. The van der Waals surface area contributed by atoms with Crippen LogP contribution in [0.3, 0.4) is 0 Å². The molecule has 0 aromatic carbocycles. The second-order valence-electron chi connectivity index (χ2n) is 7.07. The fourth-order valence-electron chi connectivity index (χ4n) is 3.31. The maximum atomic E-state index is 12.7. The van der Waals surface area contributed by atoms with E-state index in [-0.39, 0.29) is 5.91 Å². The van der Waals surface area contributed by atoms with Crippen molar-refractivity contribution in [2.24, 2.45) is 11.8 Å². The summed E-state index contributed by atoms with van der Waals surface area (Å²) >= 11 is 0. The van der Waals surface area contributed by atoms with Gasteiger partial charge in [0.1, 0.15) is 0 Å². The zero-order chi connectivity index (χ0) is 16.9. The van der Waals surface area contributed by atoms with Crippen molar-refractivity contribution >= 4 is 5.91 Å². The minimum Gasteiger partial charge on any atom is -0.351 e. The lowest BCUT2D eigenvalue weighted by atomic mass is 9.93. The normalized spacial score (nSPS) is 18.1. The van der Waals surface area contributed by atoms with Crippen molar-refractivity contribution in [1.29, 1.82) is 0 Å². The molecule has 3 rings (SSSR count). The van der Waals surface area contributed by atoms with Gasteiger partial charge >= 0.3 is 0 Å². The highest BCUT2D eigenvalue weighted by Gasteiger charge is 2.27. The highest BCUT2D eigenvalue weighted by atomic mass is 16.5. The van der Waals surface area contributed by atoms with Crippen molar-refractivity contribution in [3.05, 3.63) is 47.6 Å². The molecule has 5 heteroatoms. The molecule has 0 aliphatic carbocycles. The Balaban J connectivity index is 1.61. The van der Waals surface area contributed by atoms with Crippen LogP contribution < -0.4 is 0 Å². The molecule has 0 radical (unpaired) electrons. The van der Waals surface area contributed by atoms with Crippen LogP contribution in [0.2, 0.25) is 0 Å². The largest absolute Gasteiger partial charge is 0.351 e. The van der Waals surface area contributed by atoms with Crippen LogP contribution in [0.5, 0.6) is 0 Å². The number of piperidine rings is 1. The van der Waals surface area contributed by atoms with E-state index in [1.165, 1.54) is 0 Å². The summed E-state index contributed by atoms with van der Waals surface area (Å²) in [6.45, 7) is 5.80. The summed E-state index contributed by atoms with van der Waals surface area (Å²) in [5, 5.41) is 4.03. The molecular weight excluding hydrogens is 302 g/mol. The fraction of sp³-hybridized carbons (Fsp3) is 0.526. The summed E-state index contributed by atoms with van der Waals surface area (Å²) in [5.41, 5.74) is 1.95. The van der Waals surface area contributed by atoms with E-state index >= 15 is 0 Å². The summed E-state index contributed by atoms with van der Waals surface area (Å²) in [5.74, 6) is 1.28. The summed E-state index contributed by atoms with van der Waals surface area (Å²) in [6, 6.07) is 7.79. The highest BCUT2D eigenvalue weighted by molar-refractivity contribution is 5.91. The molecule has 1 unspecified atom stereocenters. The Morgan fingerprint density at radius 2 is 2.25 bits per heavy atom. The van der Waals surface area contributed by atoms with Crippen LogP contribution in [0.1, 0.15) is 48.6 Å². The minimum atomic E-state index is -0.0387. The quantitative estimate of drug-likeness (QED) is 0.845. The Morgan fingerprint density at radius 1 is 1.38 bits per heavy atom. The van der Waals surface area contributed by atoms with E-state index in [1.54, 1.807) is 6.07 Å². The van der Waals surface area contributed by atoms with Gasteiger partial charge in [0.25, 0.3) is 5.91 Å². The van der Waals surface area contributed by atoms with Gasteiger partial charge in [-0.2, -0.15) is 0 Å². The van der Waals surface area contributed by atoms with Crippen molar-refractivity contribution < 1.29 is 9.32 Å². The molecule has 0 saturated carbocycles. The van der Waals surface area contributed by atoms with Gasteiger partial charge in [0.2, 0.25) is 5.76 Å². The zero-order valence-corrected chi connectivity index (χ0v) is 14.4. The van der Waals surface area contributed by atoms with E-state index in [2.05, 4.69) is 30.1 Å². The minimum absolute atomic E-state index is 0.0387. The smallest absolute Gasteiger partial charge is 0.292 e. The van der Waals surface area contributed by atoms with Crippen molar-refractivity contribution in [2.75, 3.05) is 13.1 Å². The topological polar surface area (TPSA) is 59.2 Å². The van der Waals surface area contributed by atoms with Crippen LogP contribution in [-0.2, 0) is 12.8 Å². The molecular formula is C19H25N3O2. The Morgan fingerprint density at radius 3 is 3.00 bits per heavy atom. The predicted octanol–water partition coefficient (Wildman–Crippen LogP) is 3.36. The number of hydrogen-bond donors (Lipinski definition) is 0. The molecule has 128 valence electrons. The number of carbonyl (C=O) groups excluding carboxylic acids is 1. The lowest BCUT2D eigenvalue weighted by Gasteiger charge is -2.32. The summed E-state index contributed by atoms with van der Waals surface area (Å²) in [7, 11) is 0. The van der Waals surface area contributed by atoms with Gasteiger partial charge in [-0.3, -0.25) is 9.78 Å². The lowest BCUT2D eigenvalue weighted by molar-refractivity contribution is 0.0631. The number of hydrogen-bond acceptors (Lipinski definition) is 4. The number of likely N-dealkylation sites (tertiary alicyclic amines) is 1. The molecule has 0 bridgehead atoms. The first kappa shape index (κ1) is 16.7. The summed E-state index contributed by atoms with van der Waals surface area (Å²) < 4.78 is 5.28. The molecule has 1 amide bonds. The number of rotatable bonds is 5. The standard InChI is InChI=1S/C19H25N3O2/c1-14(2)10-17-12-18(24-21-17)19(23)22-9-5-6-15(13-22)11-16-7-3-4-8-20-16/h3-4,7-8,12,14-15H,5-6,9-11,13H2,1-2H3. The van der Waals surface area contributed by atoms with Crippen molar-refractivity contribution in [3.63, 3.8) is 0 Å². The van der Waals surface area contributed by atoms with Crippen LogP contribution in [0.25, 0.3) is 0 Å². The SMILES string of the molecule is CC(C)Cc1cc(C(=O)N2CCCC(Cc3ccccn3)C2)on1. The molecule has 0 spiro atoms. The number of aromatic nitrogens is 2. The average molecular weight is 327 g/mol. The van der Waals surface area contributed by atoms with Gasteiger partial charge in [-0.25, -0.2) is 0 Å². The lowest BCUT2D eigenvalue weighted by Crippen LogP contribution is -2.40. The Bertz CT molecular complexity index is 666. The molecule has 2 aromatic heterocycles.